The zero-order chi connectivity index (χ0) is 11.5. The zero-order valence-corrected chi connectivity index (χ0v) is 8.84. The molecule has 1 aliphatic heterocycles. The fourth-order valence-electron chi connectivity index (χ4n) is 1.54. The third kappa shape index (κ3) is 1.86. The molecule has 4 nitrogen and oxygen atoms in total. The molecule has 2 aliphatic rings. The summed E-state index contributed by atoms with van der Waals surface area (Å²) in [6, 6.07) is 0. The summed E-state index contributed by atoms with van der Waals surface area (Å²) in [7, 11) is 0. The van der Waals surface area contributed by atoms with Crippen LogP contribution in [0, 0.1) is 0 Å². The highest BCUT2D eigenvalue weighted by Gasteiger charge is 2.26. The van der Waals surface area contributed by atoms with Crippen LogP contribution in [0.1, 0.15) is 6.92 Å². The van der Waals surface area contributed by atoms with Gasteiger partial charge in [0, 0.05) is 11.6 Å². The van der Waals surface area contributed by atoms with Crippen LogP contribution in [0.3, 0.4) is 0 Å². The minimum atomic E-state index is -0.559. The van der Waals surface area contributed by atoms with Gasteiger partial charge in [-0.15, -0.1) is 0 Å². The number of carbonyl (C=O) groups is 1. The van der Waals surface area contributed by atoms with E-state index < -0.39 is 12.1 Å². The molecular weight excluding hydrogens is 208 g/mol. The minimum absolute atomic E-state index is 0.0352. The molecule has 0 spiro atoms. The quantitative estimate of drug-likeness (QED) is 0.720. The number of hydrogen-bond donors (Lipinski definition) is 1. The van der Waals surface area contributed by atoms with Crippen molar-refractivity contribution < 1.29 is 19.4 Å². The van der Waals surface area contributed by atoms with Gasteiger partial charge in [0.25, 0.3) is 0 Å². The number of ether oxygens (including phenoxy) is 2. The lowest BCUT2D eigenvalue weighted by Crippen LogP contribution is -2.23. The Balaban J connectivity index is 2.26. The number of fused-ring (bicyclic) bond motifs is 1. The lowest BCUT2D eigenvalue weighted by atomic mass is 10.0. The van der Waals surface area contributed by atoms with Crippen LogP contribution in [0.5, 0.6) is 0 Å². The molecule has 0 amide bonds. The first-order chi connectivity index (χ1) is 7.72. The molecule has 0 bridgehead atoms. The summed E-state index contributed by atoms with van der Waals surface area (Å²) in [4.78, 5) is 11.4. The van der Waals surface area contributed by atoms with Gasteiger partial charge in [-0.1, -0.05) is 18.2 Å². The zero-order valence-electron chi connectivity index (χ0n) is 8.84. The van der Waals surface area contributed by atoms with E-state index in [1.807, 2.05) is 0 Å². The number of allylic oxidation sites excluding steroid dienone is 3. The van der Waals surface area contributed by atoms with Crippen LogP contribution in [0.4, 0.5) is 0 Å². The van der Waals surface area contributed by atoms with Crippen molar-refractivity contribution in [2.24, 2.45) is 0 Å². The second kappa shape index (κ2) is 4.26. The predicted octanol–water partition coefficient (Wildman–Crippen LogP) is 1.77. The highest BCUT2D eigenvalue weighted by atomic mass is 16.6. The Bertz CT molecular complexity index is 426. The number of carbonyl (C=O) groups excluding carboxylic acids is 1. The Morgan fingerprint density at radius 1 is 1.56 bits per heavy atom. The van der Waals surface area contributed by atoms with Crippen molar-refractivity contribution >= 4 is 5.97 Å². The van der Waals surface area contributed by atoms with Crippen molar-refractivity contribution in [2.75, 3.05) is 6.61 Å². The molecule has 1 heterocycles. The normalized spacial score (nSPS) is 22.3. The molecule has 16 heavy (non-hydrogen) atoms. The maximum absolute atomic E-state index is 11.4. The van der Waals surface area contributed by atoms with Crippen molar-refractivity contribution in [3.8, 4) is 0 Å². The van der Waals surface area contributed by atoms with Crippen LogP contribution in [0.2, 0.25) is 0 Å². The van der Waals surface area contributed by atoms with Gasteiger partial charge >= 0.3 is 5.97 Å². The highest BCUT2D eigenvalue weighted by molar-refractivity contribution is 5.87. The van der Waals surface area contributed by atoms with Gasteiger partial charge in [0.15, 0.2) is 0 Å². The SMILES string of the molecule is CCOC(=O)C1=CC(O)=C2C=CC=CC2O1. The van der Waals surface area contributed by atoms with Crippen LogP contribution in [0.15, 0.2) is 47.5 Å². The molecule has 1 aliphatic carbocycles. The molecule has 0 fully saturated rings. The van der Waals surface area contributed by atoms with Gasteiger partial charge in [-0.3, -0.25) is 0 Å². The van der Waals surface area contributed by atoms with E-state index in [-0.39, 0.29) is 18.1 Å². The third-order valence-corrected chi connectivity index (χ3v) is 2.27. The fourth-order valence-corrected chi connectivity index (χ4v) is 1.54. The van der Waals surface area contributed by atoms with E-state index in [1.54, 1.807) is 31.2 Å². The van der Waals surface area contributed by atoms with Crippen molar-refractivity contribution in [1.82, 2.24) is 0 Å². The Morgan fingerprint density at radius 3 is 3.12 bits per heavy atom. The van der Waals surface area contributed by atoms with Gasteiger partial charge in [-0.05, 0) is 13.0 Å². The molecule has 1 N–H and O–H groups in total. The highest BCUT2D eigenvalue weighted by Crippen LogP contribution is 2.26. The maximum atomic E-state index is 11.4. The van der Waals surface area contributed by atoms with Crippen molar-refractivity contribution in [1.29, 1.82) is 0 Å². The predicted molar refractivity (Wildman–Crippen MR) is 57.5 cm³/mol. The summed E-state index contributed by atoms with van der Waals surface area (Å²) in [5.74, 6) is -0.482. The lowest BCUT2D eigenvalue weighted by Gasteiger charge is -2.24. The molecule has 0 aromatic rings. The molecule has 0 saturated heterocycles. The average Bonchev–Trinajstić information content (AvgIpc) is 2.29. The van der Waals surface area contributed by atoms with Gasteiger partial charge in [-0.2, -0.15) is 0 Å². The summed E-state index contributed by atoms with van der Waals surface area (Å²) in [6.45, 7) is 1.99. The van der Waals surface area contributed by atoms with Crippen molar-refractivity contribution in [3.63, 3.8) is 0 Å². The number of esters is 1. The van der Waals surface area contributed by atoms with Gasteiger partial charge in [0.1, 0.15) is 11.9 Å². The second-order valence-electron chi connectivity index (χ2n) is 3.35. The Hall–Kier alpha value is -1.97. The molecule has 0 saturated carbocycles. The van der Waals surface area contributed by atoms with Crippen LogP contribution >= 0.6 is 0 Å². The molecule has 0 aromatic heterocycles. The molecular formula is C12H12O4. The Kier molecular flexibility index (Phi) is 2.81. The summed E-state index contributed by atoms with van der Waals surface area (Å²) < 4.78 is 10.2. The number of aliphatic hydroxyl groups excluding tert-OH is 1. The monoisotopic (exact) mass is 220 g/mol. The van der Waals surface area contributed by atoms with E-state index in [9.17, 15) is 9.90 Å². The largest absolute Gasteiger partial charge is 0.507 e. The molecule has 1 atom stereocenters. The van der Waals surface area contributed by atoms with Crippen molar-refractivity contribution in [3.05, 3.63) is 47.5 Å². The standard InChI is InChI=1S/C12H12O4/c1-2-15-12(14)11-7-9(13)8-5-3-4-6-10(8)16-11/h3-7,10,13H,2H2,1H3. The summed E-state index contributed by atoms with van der Waals surface area (Å²) in [5, 5.41) is 9.72. The number of hydrogen-bond acceptors (Lipinski definition) is 4. The van der Waals surface area contributed by atoms with E-state index in [1.165, 1.54) is 6.08 Å². The number of rotatable bonds is 2. The van der Waals surface area contributed by atoms with Crippen LogP contribution in [-0.2, 0) is 14.3 Å². The Morgan fingerprint density at radius 2 is 2.38 bits per heavy atom. The summed E-state index contributed by atoms with van der Waals surface area (Å²) in [6.07, 6.45) is 7.99. The molecule has 0 radical (unpaired) electrons. The van der Waals surface area contributed by atoms with E-state index in [0.717, 1.165) is 0 Å². The summed E-state index contributed by atoms with van der Waals surface area (Å²) in [5.41, 5.74) is 0.649. The van der Waals surface area contributed by atoms with E-state index in [4.69, 9.17) is 9.47 Å². The van der Waals surface area contributed by atoms with E-state index in [0.29, 0.717) is 5.57 Å². The second-order valence-corrected chi connectivity index (χ2v) is 3.35. The van der Waals surface area contributed by atoms with Gasteiger partial charge in [0.05, 0.1) is 6.61 Å². The van der Waals surface area contributed by atoms with Crippen LogP contribution in [-0.4, -0.2) is 23.8 Å². The number of aliphatic hydroxyl groups is 1. The topological polar surface area (TPSA) is 55.8 Å². The van der Waals surface area contributed by atoms with Crippen LogP contribution in [0.25, 0.3) is 0 Å². The molecule has 84 valence electrons. The fraction of sp³-hybridized carbons (Fsp3) is 0.250. The smallest absolute Gasteiger partial charge is 0.373 e. The maximum Gasteiger partial charge on any atom is 0.373 e. The van der Waals surface area contributed by atoms with E-state index in [2.05, 4.69) is 0 Å². The van der Waals surface area contributed by atoms with E-state index >= 15 is 0 Å². The molecule has 1 unspecified atom stereocenters. The lowest BCUT2D eigenvalue weighted by molar-refractivity contribution is -0.143. The molecule has 4 heteroatoms. The Labute approximate surface area is 93.2 Å². The molecule has 0 aromatic carbocycles. The summed E-state index contributed by atoms with van der Waals surface area (Å²) >= 11 is 0. The van der Waals surface area contributed by atoms with Gasteiger partial charge in [-0.25, -0.2) is 4.79 Å². The molecule has 2 rings (SSSR count). The first-order valence-electron chi connectivity index (χ1n) is 5.06. The first kappa shape index (κ1) is 10.5. The van der Waals surface area contributed by atoms with Crippen molar-refractivity contribution in [2.45, 2.75) is 13.0 Å². The average molecular weight is 220 g/mol. The third-order valence-electron chi connectivity index (χ3n) is 2.27. The first-order valence-corrected chi connectivity index (χ1v) is 5.06. The van der Waals surface area contributed by atoms with Crippen LogP contribution < -0.4 is 0 Å². The minimum Gasteiger partial charge on any atom is -0.507 e. The van der Waals surface area contributed by atoms with Gasteiger partial charge in [0.2, 0.25) is 5.76 Å². The van der Waals surface area contributed by atoms with Gasteiger partial charge < -0.3 is 14.6 Å².